The van der Waals surface area contributed by atoms with Gasteiger partial charge in [0, 0.05) is 45.2 Å². The lowest BCUT2D eigenvalue weighted by Gasteiger charge is -2.37. The summed E-state index contributed by atoms with van der Waals surface area (Å²) in [6.07, 6.45) is -2.82. The number of carbonyl (C=O) groups excluding carboxylic acids is 1. The number of benzene rings is 1. The second-order valence-corrected chi connectivity index (χ2v) is 10.4. The molecule has 0 radical (unpaired) electrons. The highest BCUT2D eigenvalue weighted by atomic mass is 35.5. The maximum absolute atomic E-state index is 12.9. The van der Waals surface area contributed by atoms with Crippen LogP contribution in [0.1, 0.15) is 31.0 Å². The van der Waals surface area contributed by atoms with E-state index < -0.39 is 21.8 Å². The van der Waals surface area contributed by atoms with Gasteiger partial charge in [0.05, 0.1) is 21.3 Å². The van der Waals surface area contributed by atoms with Gasteiger partial charge in [0.1, 0.15) is 4.90 Å². The monoisotopic (exact) mass is 523 g/mol. The molecular weight excluding hydrogens is 502 g/mol. The molecule has 3 rings (SSSR count). The van der Waals surface area contributed by atoms with Crippen LogP contribution in [0.3, 0.4) is 0 Å². The Morgan fingerprint density at radius 2 is 1.82 bits per heavy atom. The Kier molecular flexibility index (Phi) is 7.93. The highest BCUT2D eigenvalue weighted by molar-refractivity contribution is 7.89. The van der Waals surface area contributed by atoms with Gasteiger partial charge in [-0.3, -0.25) is 9.78 Å². The Bertz CT molecular complexity index is 1120. The largest absolute Gasteiger partial charge is 0.417 e. The van der Waals surface area contributed by atoms with Gasteiger partial charge in [-0.25, -0.2) is 8.42 Å². The number of carbonyl (C=O) groups is 1. The minimum atomic E-state index is -4.54. The predicted molar refractivity (Wildman–Crippen MR) is 119 cm³/mol. The first-order valence-electron chi connectivity index (χ1n) is 10.1. The summed E-state index contributed by atoms with van der Waals surface area (Å²) in [5, 5.41) is 0.0277. The van der Waals surface area contributed by atoms with Crippen molar-refractivity contribution in [2.75, 3.05) is 19.6 Å². The molecule has 0 atom stereocenters. The predicted octanol–water partition coefficient (Wildman–Crippen LogP) is 4.65. The summed E-state index contributed by atoms with van der Waals surface area (Å²) in [5.74, 6) is -0.217. The molecule has 6 nitrogen and oxygen atoms in total. The Balaban J connectivity index is 1.65. The van der Waals surface area contributed by atoms with Crippen LogP contribution in [0.2, 0.25) is 10.0 Å². The first kappa shape index (κ1) is 25.7. The number of alkyl halides is 3. The highest BCUT2D eigenvalue weighted by Crippen LogP contribution is 2.31. The van der Waals surface area contributed by atoms with E-state index in [-0.39, 0.29) is 58.6 Å². The van der Waals surface area contributed by atoms with Crippen LogP contribution in [0.5, 0.6) is 0 Å². The number of pyridine rings is 1. The second-order valence-electron chi connectivity index (χ2n) is 7.68. The molecule has 1 amide bonds. The van der Waals surface area contributed by atoms with Gasteiger partial charge in [-0.15, -0.1) is 0 Å². The van der Waals surface area contributed by atoms with Crippen molar-refractivity contribution in [3.05, 3.63) is 57.8 Å². The third-order valence-corrected chi connectivity index (χ3v) is 8.28. The summed E-state index contributed by atoms with van der Waals surface area (Å²) in [7, 11) is -3.76. The van der Waals surface area contributed by atoms with Crippen LogP contribution in [0, 0.1) is 0 Å². The van der Waals surface area contributed by atoms with Gasteiger partial charge in [0.25, 0.3) is 0 Å². The average Bonchev–Trinajstić information content (AvgIpc) is 2.74. The summed E-state index contributed by atoms with van der Waals surface area (Å²) in [4.78, 5) is 17.7. The minimum absolute atomic E-state index is 0.0385. The molecule has 2 aromatic rings. The second kappa shape index (κ2) is 10.2. The van der Waals surface area contributed by atoms with E-state index in [4.69, 9.17) is 23.2 Å². The summed E-state index contributed by atoms with van der Waals surface area (Å²) in [6.45, 7) is 2.02. The zero-order valence-electron chi connectivity index (χ0n) is 17.6. The van der Waals surface area contributed by atoms with E-state index in [2.05, 4.69) is 4.98 Å². The van der Waals surface area contributed by atoms with E-state index in [9.17, 15) is 26.4 Å². The lowest BCUT2D eigenvalue weighted by molar-refractivity contribution is -0.137. The molecule has 12 heteroatoms. The van der Waals surface area contributed by atoms with Gasteiger partial charge >= 0.3 is 6.18 Å². The number of hydrogen-bond acceptors (Lipinski definition) is 4. The molecular formula is C21H22Cl2F3N3O3S. The number of aromatic nitrogens is 1. The topological polar surface area (TPSA) is 70.6 Å². The van der Waals surface area contributed by atoms with Crippen molar-refractivity contribution in [2.24, 2.45) is 0 Å². The molecule has 1 aliphatic heterocycles. The van der Waals surface area contributed by atoms with E-state index in [1.807, 2.05) is 0 Å². The first-order chi connectivity index (χ1) is 15.4. The molecule has 1 saturated heterocycles. The van der Waals surface area contributed by atoms with E-state index in [0.29, 0.717) is 12.8 Å². The molecule has 1 aromatic heterocycles. The lowest BCUT2D eigenvalue weighted by Crippen LogP contribution is -2.48. The molecule has 33 heavy (non-hydrogen) atoms. The van der Waals surface area contributed by atoms with Crippen molar-refractivity contribution in [2.45, 2.75) is 43.3 Å². The van der Waals surface area contributed by atoms with E-state index in [0.717, 1.165) is 12.3 Å². The van der Waals surface area contributed by atoms with Gasteiger partial charge in [-0.1, -0.05) is 35.3 Å². The zero-order chi connectivity index (χ0) is 24.4. The molecule has 180 valence electrons. The maximum Gasteiger partial charge on any atom is 0.417 e. The normalized spacial score (nSPS) is 16.1. The number of hydrogen-bond donors (Lipinski definition) is 0. The quantitative estimate of drug-likeness (QED) is 0.552. The number of rotatable bonds is 6. The fourth-order valence-electron chi connectivity index (χ4n) is 3.82. The summed E-state index contributed by atoms with van der Waals surface area (Å²) >= 11 is 12.0. The summed E-state index contributed by atoms with van der Waals surface area (Å²) in [6, 6.07) is 6.82. The Labute approximate surface area is 200 Å². The molecule has 1 fully saturated rings. The minimum Gasteiger partial charge on any atom is -0.339 e. The average molecular weight is 524 g/mol. The number of halogens is 5. The molecule has 1 aliphatic rings. The SMILES string of the molecule is CC(=O)N(CCc1ncc(C(F)(F)F)cc1Cl)C1CCN(S(=O)(=O)c2ccccc2Cl)CC1. The smallest absolute Gasteiger partial charge is 0.339 e. The third-order valence-electron chi connectivity index (χ3n) is 5.56. The molecule has 0 saturated carbocycles. The maximum atomic E-state index is 12.9. The fraction of sp³-hybridized carbons (Fsp3) is 0.429. The molecule has 2 heterocycles. The standard InChI is InChI=1S/C21H22Cl2F3N3O3S/c1-14(30)29(11-8-19-18(23)12-15(13-27-19)21(24,25)26)16-6-9-28(10-7-16)33(31,32)20-5-3-2-4-17(20)22/h2-5,12-13,16H,6-11H2,1H3. The van der Waals surface area contributed by atoms with Crippen LogP contribution in [0.25, 0.3) is 0 Å². The lowest BCUT2D eigenvalue weighted by atomic mass is 10.0. The van der Waals surface area contributed by atoms with E-state index >= 15 is 0 Å². The van der Waals surface area contributed by atoms with Gasteiger partial charge < -0.3 is 4.90 Å². The molecule has 0 spiro atoms. The van der Waals surface area contributed by atoms with Crippen LogP contribution >= 0.6 is 23.2 Å². The Morgan fingerprint density at radius 1 is 1.18 bits per heavy atom. The van der Waals surface area contributed by atoms with Crippen molar-refractivity contribution >= 4 is 39.1 Å². The number of sulfonamides is 1. The van der Waals surface area contributed by atoms with Crippen LogP contribution in [0.4, 0.5) is 13.2 Å². The number of nitrogens with zero attached hydrogens (tertiary/aromatic N) is 3. The van der Waals surface area contributed by atoms with Crippen LogP contribution in [-0.2, 0) is 27.4 Å². The third kappa shape index (κ3) is 5.98. The van der Waals surface area contributed by atoms with E-state index in [1.165, 1.54) is 23.4 Å². The molecule has 0 unspecified atom stereocenters. The molecule has 0 N–H and O–H groups in total. The van der Waals surface area contributed by atoms with Crippen molar-refractivity contribution in [1.82, 2.24) is 14.2 Å². The van der Waals surface area contributed by atoms with Gasteiger partial charge in [0.15, 0.2) is 0 Å². The van der Waals surface area contributed by atoms with Crippen LogP contribution in [-0.4, -0.2) is 54.2 Å². The molecule has 1 aromatic carbocycles. The fourth-order valence-corrected chi connectivity index (χ4v) is 6.04. The highest BCUT2D eigenvalue weighted by Gasteiger charge is 2.34. The number of amides is 1. The Hall–Kier alpha value is -1.88. The molecule has 0 aliphatic carbocycles. The van der Waals surface area contributed by atoms with Gasteiger partial charge in [-0.05, 0) is 31.0 Å². The summed E-state index contributed by atoms with van der Waals surface area (Å²) in [5.41, 5.74) is -0.679. The van der Waals surface area contributed by atoms with E-state index in [1.54, 1.807) is 17.0 Å². The van der Waals surface area contributed by atoms with Crippen molar-refractivity contribution < 1.29 is 26.4 Å². The number of piperidine rings is 1. The summed E-state index contributed by atoms with van der Waals surface area (Å²) < 4.78 is 65.6. The van der Waals surface area contributed by atoms with Crippen molar-refractivity contribution in [3.63, 3.8) is 0 Å². The van der Waals surface area contributed by atoms with Crippen molar-refractivity contribution in [3.8, 4) is 0 Å². The molecule has 0 bridgehead atoms. The van der Waals surface area contributed by atoms with Gasteiger partial charge in [0.2, 0.25) is 15.9 Å². The Morgan fingerprint density at radius 3 is 2.36 bits per heavy atom. The van der Waals surface area contributed by atoms with Crippen LogP contribution < -0.4 is 0 Å². The van der Waals surface area contributed by atoms with Gasteiger partial charge in [-0.2, -0.15) is 17.5 Å². The van der Waals surface area contributed by atoms with Crippen molar-refractivity contribution in [1.29, 1.82) is 0 Å². The first-order valence-corrected chi connectivity index (χ1v) is 12.3. The van der Waals surface area contributed by atoms with Crippen LogP contribution in [0.15, 0.2) is 41.4 Å². The zero-order valence-corrected chi connectivity index (χ0v) is 20.0.